The van der Waals surface area contributed by atoms with Crippen molar-refractivity contribution in [1.82, 2.24) is 0 Å². The van der Waals surface area contributed by atoms with E-state index in [1.165, 1.54) is 19.3 Å². The summed E-state index contributed by atoms with van der Waals surface area (Å²) >= 11 is 3.57. The topological polar surface area (TPSA) is 20.2 Å². The Balaban J connectivity index is 2.29. The largest absolute Gasteiger partial charge is 0.380 e. The predicted molar refractivity (Wildman–Crippen MR) is 61.1 cm³/mol. The molecule has 4 unspecified atom stereocenters. The number of terminal acetylenes is 1. The number of alkyl halides is 1. The third-order valence-electron chi connectivity index (χ3n) is 4.63. The molecule has 2 saturated carbocycles. The van der Waals surface area contributed by atoms with Gasteiger partial charge in [-0.15, -0.1) is 6.42 Å². The monoisotopic (exact) mass is 256 g/mol. The summed E-state index contributed by atoms with van der Waals surface area (Å²) in [7, 11) is 0. The second-order valence-corrected chi connectivity index (χ2v) is 5.61. The van der Waals surface area contributed by atoms with Crippen molar-refractivity contribution in [2.24, 2.45) is 23.2 Å². The Hall–Kier alpha value is 0. The Morgan fingerprint density at radius 3 is 2.93 bits per heavy atom. The van der Waals surface area contributed by atoms with Gasteiger partial charge in [-0.1, -0.05) is 28.8 Å². The van der Waals surface area contributed by atoms with Gasteiger partial charge in [-0.2, -0.15) is 0 Å². The van der Waals surface area contributed by atoms with Crippen molar-refractivity contribution >= 4 is 15.9 Å². The van der Waals surface area contributed by atoms with Crippen molar-refractivity contribution in [2.75, 3.05) is 5.33 Å². The molecule has 2 rings (SSSR count). The number of aliphatic hydroxyl groups is 1. The van der Waals surface area contributed by atoms with Gasteiger partial charge in [0.25, 0.3) is 0 Å². The summed E-state index contributed by atoms with van der Waals surface area (Å²) in [4.78, 5) is 0. The zero-order chi connectivity index (χ0) is 10.3. The maximum absolute atomic E-state index is 9.98. The zero-order valence-electron chi connectivity index (χ0n) is 8.54. The Morgan fingerprint density at radius 2 is 2.36 bits per heavy atom. The standard InChI is InChI=1S/C12H17BrO/c1-3-11(14)12(2)9-5-4-8(6-9)10(12)7-13/h1,8-11,14H,4-7H2,2H3/t8?,9-,10?,11?,12?/m1/s1. The highest BCUT2D eigenvalue weighted by molar-refractivity contribution is 9.09. The molecule has 1 nitrogen and oxygen atoms in total. The predicted octanol–water partition coefficient (Wildman–Crippen LogP) is 2.43. The van der Waals surface area contributed by atoms with E-state index in [1.54, 1.807) is 0 Å². The van der Waals surface area contributed by atoms with Crippen LogP contribution in [-0.2, 0) is 0 Å². The minimum Gasteiger partial charge on any atom is -0.380 e. The average Bonchev–Trinajstić information content (AvgIpc) is 2.75. The molecule has 0 aromatic carbocycles. The third kappa shape index (κ3) is 1.19. The molecule has 2 fully saturated rings. The van der Waals surface area contributed by atoms with E-state index in [1.807, 2.05) is 0 Å². The molecule has 0 aliphatic heterocycles. The molecule has 0 aromatic heterocycles. The lowest BCUT2D eigenvalue weighted by atomic mass is 9.65. The third-order valence-corrected chi connectivity index (χ3v) is 5.33. The number of fused-ring (bicyclic) bond motifs is 2. The van der Waals surface area contributed by atoms with Gasteiger partial charge < -0.3 is 5.11 Å². The van der Waals surface area contributed by atoms with Crippen LogP contribution in [0.2, 0.25) is 0 Å². The molecule has 0 saturated heterocycles. The molecule has 14 heavy (non-hydrogen) atoms. The van der Waals surface area contributed by atoms with Gasteiger partial charge in [0, 0.05) is 10.7 Å². The summed E-state index contributed by atoms with van der Waals surface area (Å²) in [5.74, 6) is 4.52. The number of halogens is 1. The van der Waals surface area contributed by atoms with Crippen LogP contribution in [0.15, 0.2) is 0 Å². The summed E-state index contributed by atoms with van der Waals surface area (Å²) < 4.78 is 0. The van der Waals surface area contributed by atoms with Gasteiger partial charge in [0.1, 0.15) is 6.10 Å². The van der Waals surface area contributed by atoms with Crippen LogP contribution < -0.4 is 0 Å². The van der Waals surface area contributed by atoms with Crippen LogP contribution in [0.5, 0.6) is 0 Å². The van der Waals surface area contributed by atoms with Crippen LogP contribution in [0.1, 0.15) is 26.2 Å². The Bertz CT molecular complexity index is 270. The molecule has 2 heteroatoms. The van der Waals surface area contributed by atoms with Crippen molar-refractivity contribution in [2.45, 2.75) is 32.3 Å². The number of rotatable bonds is 2. The smallest absolute Gasteiger partial charge is 0.120 e. The first-order valence-corrected chi connectivity index (χ1v) is 6.46. The summed E-state index contributed by atoms with van der Waals surface area (Å²) in [6.45, 7) is 2.17. The molecule has 5 atom stereocenters. The molecule has 2 aliphatic rings. The molecular formula is C12H17BrO. The van der Waals surface area contributed by atoms with E-state index >= 15 is 0 Å². The van der Waals surface area contributed by atoms with Crippen molar-refractivity contribution in [1.29, 1.82) is 0 Å². The molecule has 0 heterocycles. The highest BCUT2D eigenvalue weighted by atomic mass is 79.9. The number of hydrogen-bond acceptors (Lipinski definition) is 1. The first-order chi connectivity index (χ1) is 6.64. The van der Waals surface area contributed by atoms with E-state index < -0.39 is 6.10 Å². The minimum atomic E-state index is -0.569. The van der Waals surface area contributed by atoms with Crippen LogP contribution in [0.4, 0.5) is 0 Å². The summed E-state index contributed by atoms with van der Waals surface area (Å²) in [6.07, 6.45) is 8.65. The highest BCUT2D eigenvalue weighted by Crippen LogP contribution is 2.61. The fourth-order valence-electron chi connectivity index (χ4n) is 3.66. The first kappa shape index (κ1) is 10.5. The SMILES string of the molecule is C#CC(O)C1(C)C(CBr)C2CC[C@@H]1C2. The lowest BCUT2D eigenvalue weighted by molar-refractivity contribution is -0.00173. The molecule has 0 amide bonds. The molecule has 0 aromatic rings. The normalized spacial score (nSPS) is 47.7. The van der Waals surface area contributed by atoms with Gasteiger partial charge in [0.15, 0.2) is 0 Å². The average molecular weight is 257 g/mol. The van der Waals surface area contributed by atoms with E-state index in [0.717, 1.165) is 11.2 Å². The quantitative estimate of drug-likeness (QED) is 0.595. The Morgan fingerprint density at radius 1 is 1.64 bits per heavy atom. The number of hydrogen-bond donors (Lipinski definition) is 1. The lowest BCUT2D eigenvalue weighted by Gasteiger charge is -2.42. The van der Waals surface area contributed by atoms with E-state index in [0.29, 0.717) is 11.8 Å². The Kier molecular flexibility index (Phi) is 2.66. The fourth-order valence-corrected chi connectivity index (χ4v) is 4.88. The molecule has 1 N–H and O–H groups in total. The van der Waals surface area contributed by atoms with Crippen molar-refractivity contribution in [3.63, 3.8) is 0 Å². The fraction of sp³-hybridized carbons (Fsp3) is 0.833. The lowest BCUT2D eigenvalue weighted by Crippen LogP contribution is -2.43. The maximum atomic E-state index is 9.98. The van der Waals surface area contributed by atoms with E-state index in [4.69, 9.17) is 6.42 Å². The first-order valence-electron chi connectivity index (χ1n) is 5.34. The minimum absolute atomic E-state index is 0.0405. The Labute approximate surface area is 94.4 Å². The second kappa shape index (κ2) is 3.54. The van der Waals surface area contributed by atoms with E-state index in [-0.39, 0.29) is 5.41 Å². The van der Waals surface area contributed by atoms with Crippen LogP contribution in [-0.4, -0.2) is 16.5 Å². The molecule has 2 bridgehead atoms. The summed E-state index contributed by atoms with van der Waals surface area (Å²) in [6, 6.07) is 0. The van der Waals surface area contributed by atoms with Gasteiger partial charge in [-0.25, -0.2) is 0 Å². The molecule has 2 aliphatic carbocycles. The summed E-state index contributed by atoms with van der Waals surface area (Å²) in [5, 5.41) is 11.0. The molecular weight excluding hydrogens is 240 g/mol. The van der Waals surface area contributed by atoms with Gasteiger partial charge in [-0.3, -0.25) is 0 Å². The van der Waals surface area contributed by atoms with Crippen LogP contribution >= 0.6 is 15.9 Å². The molecule has 0 spiro atoms. The van der Waals surface area contributed by atoms with Crippen molar-refractivity contribution in [3.8, 4) is 12.3 Å². The van der Waals surface area contributed by atoms with Gasteiger partial charge in [-0.05, 0) is 37.0 Å². The maximum Gasteiger partial charge on any atom is 0.120 e. The van der Waals surface area contributed by atoms with Crippen molar-refractivity contribution in [3.05, 3.63) is 0 Å². The van der Waals surface area contributed by atoms with Crippen molar-refractivity contribution < 1.29 is 5.11 Å². The van der Waals surface area contributed by atoms with Crippen LogP contribution in [0.3, 0.4) is 0 Å². The number of aliphatic hydroxyl groups excluding tert-OH is 1. The van der Waals surface area contributed by atoms with E-state index in [9.17, 15) is 5.11 Å². The summed E-state index contributed by atoms with van der Waals surface area (Å²) in [5.41, 5.74) is -0.0405. The zero-order valence-corrected chi connectivity index (χ0v) is 10.1. The van der Waals surface area contributed by atoms with Gasteiger partial charge in [0.2, 0.25) is 0 Å². The molecule has 78 valence electrons. The van der Waals surface area contributed by atoms with Crippen LogP contribution in [0, 0.1) is 35.5 Å². The van der Waals surface area contributed by atoms with Gasteiger partial charge >= 0.3 is 0 Å². The second-order valence-electron chi connectivity index (χ2n) is 4.97. The molecule has 0 radical (unpaired) electrons. The van der Waals surface area contributed by atoms with Crippen LogP contribution in [0.25, 0.3) is 0 Å². The van der Waals surface area contributed by atoms with E-state index in [2.05, 4.69) is 28.8 Å². The van der Waals surface area contributed by atoms with Gasteiger partial charge in [0.05, 0.1) is 0 Å². The highest BCUT2D eigenvalue weighted by Gasteiger charge is 2.57.